The molecular formula is C78H62Cl6O10. The molecule has 10 aromatic rings. The van der Waals surface area contributed by atoms with E-state index in [0.29, 0.717) is 112 Å². The Morgan fingerprint density at radius 2 is 0.521 bits per heavy atom. The van der Waals surface area contributed by atoms with Gasteiger partial charge in [-0.3, -0.25) is 19.2 Å². The van der Waals surface area contributed by atoms with E-state index in [-0.39, 0.29) is 71.7 Å². The third-order valence-electron chi connectivity index (χ3n) is 19.0. The zero-order chi connectivity index (χ0) is 65.1. The van der Waals surface area contributed by atoms with Crippen LogP contribution in [0.2, 0.25) is 30.1 Å². The number of fused-ring (bicyclic) bond motifs is 6. The van der Waals surface area contributed by atoms with Crippen molar-refractivity contribution in [2.24, 2.45) is 23.7 Å². The molecule has 0 saturated heterocycles. The molecule has 10 nitrogen and oxygen atoms in total. The van der Waals surface area contributed by atoms with Gasteiger partial charge in [-0.05, 0) is 249 Å². The molecule has 14 rings (SSSR count). The third-order valence-corrected chi connectivity index (χ3v) is 20.5. The minimum Gasteiger partial charge on any atom is -0.490 e. The number of esters is 4. The molecule has 10 unspecified atom stereocenters. The van der Waals surface area contributed by atoms with Crippen LogP contribution in [0.3, 0.4) is 0 Å². The number of hydrogen-bond acceptors (Lipinski definition) is 10. The van der Waals surface area contributed by atoms with Gasteiger partial charge in [-0.1, -0.05) is 156 Å². The molecule has 10 atom stereocenters. The fourth-order valence-corrected chi connectivity index (χ4v) is 13.8. The van der Waals surface area contributed by atoms with Crippen LogP contribution in [-0.2, 0) is 19.2 Å². The zero-order valence-corrected chi connectivity index (χ0v) is 55.6. The van der Waals surface area contributed by atoms with Gasteiger partial charge < -0.3 is 28.4 Å². The highest BCUT2D eigenvalue weighted by molar-refractivity contribution is 6.32. The number of rotatable bonds is 22. The third kappa shape index (κ3) is 14.0. The molecule has 0 aromatic heterocycles. The molecule has 4 aliphatic rings. The maximum absolute atomic E-state index is 14.6. The first kappa shape index (κ1) is 63.6. The van der Waals surface area contributed by atoms with Crippen molar-refractivity contribution in [2.75, 3.05) is 13.2 Å². The van der Waals surface area contributed by atoms with Crippen LogP contribution in [0, 0.1) is 23.7 Å². The van der Waals surface area contributed by atoms with Crippen molar-refractivity contribution in [3.63, 3.8) is 0 Å². The van der Waals surface area contributed by atoms with Gasteiger partial charge in [-0.15, -0.1) is 0 Å². The Kier molecular flexibility index (Phi) is 18.1. The molecule has 10 aromatic carbocycles. The molecule has 0 heterocycles. The van der Waals surface area contributed by atoms with Crippen LogP contribution >= 0.6 is 69.6 Å². The predicted molar refractivity (Wildman–Crippen MR) is 371 cm³/mol. The van der Waals surface area contributed by atoms with Crippen LogP contribution in [-0.4, -0.2) is 37.1 Å². The van der Waals surface area contributed by atoms with Crippen molar-refractivity contribution < 1.29 is 47.6 Å². The van der Waals surface area contributed by atoms with Crippen molar-refractivity contribution >= 4 is 126 Å². The van der Waals surface area contributed by atoms with Crippen LogP contribution in [0.1, 0.15) is 121 Å². The number of carbonyl (C=O) groups excluding carboxylic acids is 4. The Hall–Kier alpha value is -7.80. The second kappa shape index (κ2) is 26.8. The van der Waals surface area contributed by atoms with Crippen LogP contribution in [0.25, 0.3) is 32.3 Å². The quantitative estimate of drug-likeness (QED) is 0.0368. The Bertz CT molecular complexity index is 4270. The smallest absolute Gasteiger partial charge is 0.315 e. The van der Waals surface area contributed by atoms with E-state index < -0.39 is 47.5 Å². The molecule has 16 heteroatoms. The fraction of sp³-hybridized carbons (Fsp3) is 0.256. The number of benzene rings is 10. The Morgan fingerprint density at radius 1 is 0.319 bits per heavy atom. The Balaban J connectivity index is 0.920. The summed E-state index contributed by atoms with van der Waals surface area (Å²) in [7, 11) is 0. The summed E-state index contributed by atoms with van der Waals surface area (Å²) in [5, 5.41) is 7.07. The molecule has 0 radical (unpaired) electrons. The van der Waals surface area contributed by atoms with Gasteiger partial charge in [0.25, 0.3) is 0 Å². The second-order valence-electron chi connectivity index (χ2n) is 25.4. The average Bonchev–Trinajstić information content (AvgIpc) is 1.60. The summed E-state index contributed by atoms with van der Waals surface area (Å²) >= 11 is 37.7. The van der Waals surface area contributed by atoms with E-state index in [2.05, 4.69) is 13.8 Å². The lowest BCUT2D eigenvalue weighted by Gasteiger charge is -2.20. The van der Waals surface area contributed by atoms with E-state index >= 15 is 0 Å². The minimum atomic E-state index is -0.511. The first-order chi connectivity index (χ1) is 45.5. The van der Waals surface area contributed by atoms with E-state index in [1.165, 1.54) is 0 Å². The van der Waals surface area contributed by atoms with E-state index in [1.54, 1.807) is 48.5 Å². The molecular weight excluding hydrogens is 1310 g/mol. The molecule has 0 amide bonds. The highest BCUT2D eigenvalue weighted by Crippen LogP contribution is 2.55. The molecule has 4 saturated carbocycles. The summed E-state index contributed by atoms with van der Waals surface area (Å²) in [6, 6.07) is 55.9. The van der Waals surface area contributed by atoms with Crippen molar-refractivity contribution in [2.45, 2.75) is 87.9 Å². The van der Waals surface area contributed by atoms with Crippen molar-refractivity contribution in [3.8, 4) is 34.5 Å². The second-order valence-corrected chi connectivity index (χ2v) is 28.0. The number of carbonyl (C=O) groups is 4. The lowest BCUT2D eigenvalue weighted by atomic mass is 9.93. The van der Waals surface area contributed by atoms with Gasteiger partial charge >= 0.3 is 23.9 Å². The van der Waals surface area contributed by atoms with Gasteiger partial charge in [0.1, 0.15) is 0 Å². The molecule has 0 N–H and O–H groups in total. The summed E-state index contributed by atoms with van der Waals surface area (Å²) in [5.74, 6) is -3.18. The van der Waals surface area contributed by atoms with Gasteiger partial charge in [0, 0.05) is 30.1 Å². The summed E-state index contributed by atoms with van der Waals surface area (Å²) in [6.07, 6.45) is 3.39. The van der Waals surface area contributed by atoms with Crippen molar-refractivity contribution in [1.29, 1.82) is 0 Å². The standard InChI is InChI=1S/C78H62Cl6O10/c1-41(43-3-15-49(79)16-4-43)27-29-89-69-35-59-60-36-70(90-30-28-42(2)44-5-17-50(80)18-6-44)72(92-76(86)66-32-56(66)46-9-21-52(82)22-10-46)38-62(60)64-40-74(94-78(88)68-34-58(68)48-13-25-54(84)26-14-48)73(93-77(87)67-33-57(67)47-11-23-53(83)24-12-47)39-63(64)61(59)37-71(69)91-75(85)65-31-55(65)45-7-19-51(81)20-8-45/h3-26,35-42,55-58,65-68H,27-34H2,1-2H3. The molecule has 4 aliphatic carbocycles. The van der Waals surface area contributed by atoms with Crippen LogP contribution in [0.4, 0.5) is 0 Å². The summed E-state index contributed by atoms with van der Waals surface area (Å²) < 4.78 is 39.6. The van der Waals surface area contributed by atoms with Gasteiger partial charge in [-0.25, -0.2) is 0 Å². The maximum atomic E-state index is 14.6. The average molecular weight is 1370 g/mol. The lowest BCUT2D eigenvalue weighted by molar-refractivity contribution is -0.138. The van der Waals surface area contributed by atoms with Crippen molar-refractivity contribution in [1.82, 2.24) is 0 Å². The zero-order valence-electron chi connectivity index (χ0n) is 51.1. The largest absolute Gasteiger partial charge is 0.490 e. The van der Waals surface area contributed by atoms with E-state index in [1.807, 2.05) is 133 Å². The maximum Gasteiger partial charge on any atom is 0.315 e. The Labute approximate surface area is 574 Å². The van der Waals surface area contributed by atoms with Crippen LogP contribution < -0.4 is 28.4 Å². The number of halogens is 6. The first-order valence-electron chi connectivity index (χ1n) is 31.7. The van der Waals surface area contributed by atoms with E-state index in [9.17, 15) is 19.2 Å². The SMILES string of the molecule is CC(CCOc1cc2c3cc(OCCC(C)c4ccc(Cl)cc4)c(OC(=O)C4CC4c4ccc(Cl)cc4)cc3c3cc(OC(=O)C4CC4c4ccc(Cl)cc4)c(OC(=O)C4CC4c4ccc(Cl)cc4)cc3c2cc1OC(=O)C1CC1c1ccc(Cl)cc1)c1ccc(Cl)cc1. The minimum absolute atomic E-state index is 0.000759. The van der Waals surface area contributed by atoms with Gasteiger partial charge in [-0.2, -0.15) is 0 Å². The fourth-order valence-electron chi connectivity index (χ4n) is 13.0. The van der Waals surface area contributed by atoms with Gasteiger partial charge in [0.15, 0.2) is 34.5 Å². The van der Waals surface area contributed by atoms with E-state index in [0.717, 1.165) is 33.4 Å². The molecule has 0 spiro atoms. The molecule has 0 bridgehead atoms. The molecule has 476 valence electrons. The van der Waals surface area contributed by atoms with Crippen LogP contribution in [0.15, 0.2) is 182 Å². The highest BCUT2D eigenvalue weighted by Gasteiger charge is 2.49. The van der Waals surface area contributed by atoms with Crippen molar-refractivity contribution in [3.05, 3.63) is 246 Å². The summed E-state index contributed by atoms with van der Waals surface area (Å²) in [4.78, 5) is 58.4. The number of ether oxygens (including phenoxy) is 6. The molecule has 0 aliphatic heterocycles. The van der Waals surface area contributed by atoms with Crippen LogP contribution in [0.5, 0.6) is 34.5 Å². The normalized spacial score (nSPS) is 20.6. The number of hydrogen-bond donors (Lipinski definition) is 0. The van der Waals surface area contributed by atoms with Gasteiger partial charge in [0.2, 0.25) is 0 Å². The molecule has 4 fully saturated rings. The topological polar surface area (TPSA) is 124 Å². The lowest BCUT2D eigenvalue weighted by Crippen LogP contribution is -2.15. The van der Waals surface area contributed by atoms with E-state index in [4.69, 9.17) is 98.0 Å². The predicted octanol–water partition coefficient (Wildman–Crippen LogP) is 21.0. The van der Waals surface area contributed by atoms with Gasteiger partial charge in [0.05, 0.1) is 36.9 Å². The molecule has 94 heavy (non-hydrogen) atoms. The Morgan fingerprint density at radius 3 is 0.755 bits per heavy atom. The summed E-state index contributed by atoms with van der Waals surface area (Å²) in [6.45, 7) is 4.68. The monoisotopic (exact) mass is 1370 g/mol. The first-order valence-corrected chi connectivity index (χ1v) is 33.9. The highest BCUT2D eigenvalue weighted by atomic mass is 35.5. The summed E-state index contributed by atoms with van der Waals surface area (Å²) in [5.41, 5.74) is 5.99.